The third-order valence-electron chi connectivity index (χ3n) is 4.78. The fourth-order valence-corrected chi connectivity index (χ4v) is 3.41. The summed E-state index contributed by atoms with van der Waals surface area (Å²) in [6.45, 7) is 4.33. The second kappa shape index (κ2) is 6.03. The maximum absolute atomic E-state index is 9.64. The first-order chi connectivity index (χ1) is 10.1. The van der Waals surface area contributed by atoms with Gasteiger partial charge in [-0.15, -0.1) is 0 Å². The van der Waals surface area contributed by atoms with Crippen LogP contribution in [0, 0.1) is 13.8 Å². The van der Waals surface area contributed by atoms with Gasteiger partial charge in [-0.25, -0.2) is 0 Å². The van der Waals surface area contributed by atoms with E-state index >= 15 is 0 Å². The van der Waals surface area contributed by atoms with E-state index in [9.17, 15) is 5.11 Å². The zero-order chi connectivity index (χ0) is 14.8. The summed E-state index contributed by atoms with van der Waals surface area (Å²) in [5.41, 5.74) is 6.71. The predicted molar refractivity (Wildman–Crippen MR) is 88.6 cm³/mol. The highest BCUT2D eigenvalue weighted by Gasteiger charge is 2.21. The van der Waals surface area contributed by atoms with Gasteiger partial charge < -0.3 is 5.11 Å². The number of rotatable bonds is 2. The van der Waals surface area contributed by atoms with E-state index in [0.29, 0.717) is 5.92 Å². The number of benzene rings is 2. The summed E-state index contributed by atoms with van der Waals surface area (Å²) in [5, 5.41) is 9.64. The van der Waals surface area contributed by atoms with Crippen molar-refractivity contribution in [1.29, 1.82) is 0 Å². The largest absolute Gasteiger partial charge is 0.393 e. The summed E-state index contributed by atoms with van der Waals surface area (Å²) in [4.78, 5) is 0. The summed E-state index contributed by atoms with van der Waals surface area (Å²) in [6, 6.07) is 15.6. The molecule has 3 rings (SSSR count). The van der Waals surface area contributed by atoms with Crippen molar-refractivity contribution in [2.45, 2.75) is 51.6 Å². The monoisotopic (exact) mass is 280 g/mol. The highest BCUT2D eigenvalue weighted by Crippen LogP contribution is 2.35. The standard InChI is InChI=1S/C20H24O/c1-14-3-5-17(6-4-14)20-12-9-18(13-15(20)2)16-7-10-19(21)11-8-16/h3-6,9,12-13,16,19,21H,7-8,10-11H2,1-2H3. The van der Waals surface area contributed by atoms with Crippen LogP contribution < -0.4 is 0 Å². The molecule has 1 aliphatic rings. The summed E-state index contributed by atoms with van der Waals surface area (Å²) in [5.74, 6) is 0.624. The molecule has 0 aromatic heterocycles. The highest BCUT2D eigenvalue weighted by atomic mass is 16.3. The molecule has 0 spiro atoms. The van der Waals surface area contributed by atoms with Crippen molar-refractivity contribution >= 4 is 0 Å². The van der Waals surface area contributed by atoms with Crippen LogP contribution >= 0.6 is 0 Å². The second-order valence-electron chi connectivity index (χ2n) is 6.45. The first-order valence-electron chi connectivity index (χ1n) is 7.99. The quantitative estimate of drug-likeness (QED) is 0.821. The number of aliphatic hydroxyl groups is 1. The van der Waals surface area contributed by atoms with Crippen molar-refractivity contribution in [2.24, 2.45) is 0 Å². The van der Waals surface area contributed by atoms with Crippen LogP contribution in [0.5, 0.6) is 0 Å². The van der Waals surface area contributed by atoms with E-state index in [1.54, 1.807) is 0 Å². The summed E-state index contributed by atoms with van der Waals surface area (Å²) in [7, 11) is 0. The number of hydrogen-bond acceptors (Lipinski definition) is 1. The van der Waals surface area contributed by atoms with Crippen molar-refractivity contribution in [3.63, 3.8) is 0 Å². The molecule has 21 heavy (non-hydrogen) atoms. The fourth-order valence-electron chi connectivity index (χ4n) is 3.41. The maximum atomic E-state index is 9.64. The normalized spacial score (nSPS) is 22.2. The molecule has 0 aliphatic heterocycles. The van der Waals surface area contributed by atoms with E-state index in [1.807, 2.05) is 0 Å². The fraction of sp³-hybridized carbons (Fsp3) is 0.400. The van der Waals surface area contributed by atoms with Gasteiger partial charge in [0, 0.05) is 0 Å². The van der Waals surface area contributed by atoms with Crippen LogP contribution in [0.1, 0.15) is 48.3 Å². The molecule has 1 saturated carbocycles. The molecule has 2 aromatic rings. The Bertz CT molecular complexity index is 604. The van der Waals surface area contributed by atoms with Gasteiger partial charge in [-0.05, 0) is 67.7 Å². The van der Waals surface area contributed by atoms with E-state index in [1.165, 1.54) is 27.8 Å². The summed E-state index contributed by atoms with van der Waals surface area (Å²) >= 11 is 0. The van der Waals surface area contributed by atoms with Gasteiger partial charge in [0.25, 0.3) is 0 Å². The van der Waals surface area contributed by atoms with Gasteiger partial charge in [-0.1, -0.05) is 48.0 Å². The van der Waals surface area contributed by atoms with E-state index in [0.717, 1.165) is 25.7 Å². The molecule has 0 atom stereocenters. The molecule has 1 heteroatoms. The van der Waals surface area contributed by atoms with Crippen LogP contribution in [-0.2, 0) is 0 Å². The molecule has 1 aliphatic carbocycles. The molecule has 0 amide bonds. The Morgan fingerprint density at radius 3 is 2.14 bits per heavy atom. The Morgan fingerprint density at radius 2 is 1.52 bits per heavy atom. The third-order valence-corrected chi connectivity index (χ3v) is 4.78. The van der Waals surface area contributed by atoms with Gasteiger partial charge in [-0.3, -0.25) is 0 Å². The topological polar surface area (TPSA) is 20.2 Å². The minimum atomic E-state index is -0.0748. The minimum absolute atomic E-state index is 0.0748. The highest BCUT2D eigenvalue weighted by molar-refractivity contribution is 5.67. The van der Waals surface area contributed by atoms with Gasteiger partial charge in [-0.2, -0.15) is 0 Å². The second-order valence-corrected chi connectivity index (χ2v) is 6.45. The molecule has 0 saturated heterocycles. The number of aryl methyl sites for hydroxylation is 2. The molecule has 2 aromatic carbocycles. The van der Waals surface area contributed by atoms with Gasteiger partial charge in [0.05, 0.1) is 6.10 Å². The molecule has 0 heterocycles. The van der Waals surface area contributed by atoms with Crippen molar-refractivity contribution in [3.05, 3.63) is 59.2 Å². The van der Waals surface area contributed by atoms with E-state index < -0.39 is 0 Å². The van der Waals surface area contributed by atoms with Crippen LogP contribution in [0.2, 0.25) is 0 Å². The molecular weight excluding hydrogens is 256 g/mol. The third kappa shape index (κ3) is 3.19. The van der Waals surface area contributed by atoms with Crippen molar-refractivity contribution in [1.82, 2.24) is 0 Å². The summed E-state index contributed by atoms with van der Waals surface area (Å²) in [6.07, 6.45) is 4.05. The molecule has 1 nitrogen and oxygen atoms in total. The first-order valence-corrected chi connectivity index (χ1v) is 7.99. The molecule has 0 radical (unpaired) electrons. The van der Waals surface area contributed by atoms with Crippen LogP contribution in [0.3, 0.4) is 0 Å². The zero-order valence-corrected chi connectivity index (χ0v) is 13.0. The van der Waals surface area contributed by atoms with Crippen molar-refractivity contribution < 1.29 is 5.11 Å². The molecule has 1 N–H and O–H groups in total. The maximum Gasteiger partial charge on any atom is 0.0540 e. The average molecular weight is 280 g/mol. The average Bonchev–Trinajstić information content (AvgIpc) is 2.49. The lowest BCUT2D eigenvalue weighted by Crippen LogP contribution is -2.17. The van der Waals surface area contributed by atoms with Gasteiger partial charge in [0.1, 0.15) is 0 Å². The lowest BCUT2D eigenvalue weighted by molar-refractivity contribution is 0.122. The van der Waals surface area contributed by atoms with E-state index in [2.05, 4.69) is 56.3 Å². The number of hydrogen-bond donors (Lipinski definition) is 1. The smallest absolute Gasteiger partial charge is 0.0540 e. The Morgan fingerprint density at radius 1 is 0.857 bits per heavy atom. The SMILES string of the molecule is Cc1ccc(-c2ccc(C3CCC(O)CC3)cc2C)cc1. The molecule has 1 fully saturated rings. The molecular formula is C20H24O. The van der Waals surface area contributed by atoms with Crippen LogP contribution in [0.25, 0.3) is 11.1 Å². The van der Waals surface area contributed by atoms with Gasteiger partial charge >= 0.3 is 0 Å². The minimum Gasteiger partial charge on any atom is -0.393 e. The molecule has 0 unspecified atom stereocenters. The molecule has 0 bridgehead atoms. The predicted octanol–water partition coefficient (Wildman–Crippen LogP) is 4.99. The van der Waals surface area contributed by atoms with Gasteiger partial charge in [0.2, 0.25) is 0 Å². The Labute approximate surface area is 127 Å². The van der Waals surface area contributed by atoms with Crippen molar-refractivity contribution in [2.75, 3.05) is 0 Å². The Kier molecular flexibility index (Phi) is 4.12. The van der Waals surface area contributed by atoms with E-state index in [-0.39, 0.29) is 6.10 Å². The zero-order valence-electron chi connectivity index (χ0n) is 13.0. The lowest BCUT2D eigenvalue weighted by atomic mass is 9.81. The number of aliphatic hydroxyl groups excluding tert-OH is 1. The van der Waals surface area contributed by atoms with E-state index in [4.69, 9.17) is 0 Å². The Hall–Kier alpha value is -1.60. The molecule has 110 valence electrons. The van der Waals surface area contributed by atoms with Crippen LogP contribution in [0.4, 0.5) is 0 Å². The van der Waals surface area contributed by atoms with Crippen LogP contribution in [0.15, 0.2) is 42.5 Å². The lowest BCUT2D eigenvalue weighted by Gasteiger charge is -2.26. The summed E-state index contributed by atoms with van der Waals surface area (Å²) < 4.78 is 0. The first kappa shape index (κ1) is 14.3. The Balaban J connectivity index is 1.84. The van der Waals surface area contributed by atoms with Crippen molar-refractivity contribution in [3.8, 4) is 11.1 Å². The van der Waals surface area contributed by atoms with Crippen LogP contribution in [-0.4, -0.2) is 11.2 Å². The van der Waals surface area contributed by atoms with Gasteiger partial charge in [0.15, 0.2) is 0 Å².